The van der Waals surface area contributed by atoms with Gasteiger partial charge in [-0.15, -0.1) is 10.2 Å². The third-order valence-corrected chi connectivity index (χ3v) is 6.99. The van der Waals surface area contributed by atoms with Gasteiger partial charge in [0, 0.05) is 12.2 Å². The SMILES string of the molecule is O=S1(=O)CC[C@H](Cc2nnc(SC[C@@H]3COc4ccccc4O3)o2)C1. The number of hydrogen-bond acceptors (Lipinski definition) is 8. The average Bonchev–Trinajstić information content (AvgIpc) is 3.19. The van der Waals surface area contributed by atoms with Gasteiger partial charge in [-0.05, 0) is 24.5 Å². The fraction of sp³-hybridized carbons (Fsp3) is 0.500. The first-order valence-electron chi connectivity index (χ1n) is 8.11. The van der Waals surface area contributed by atoms with Crippen molar-refractivity contribution >= 4 is 21.6 Å². The summed E-state index contributed by atoms with van der Waals surface area (Å²) in [6.45, 7) is 0.477. The van der Waals surface area contributed by atoms with Gasteiger partial charge in [0.15, 0.2) is 21.3 Å². The third kappa shape index (κ3) is 4.09. The van der Waals surface area contributed by atoms with Gasteiger partial charge in [-0.2, -0.15) is 0 Å². The van der Waals surface area contributed by atoms with Crippen LogP contribution in [0.25, 0.3) is 0 Å². The van der Waals surface area contributed by atoms with Gasteiger partial charge in [-0.3, -0.25) is 0 Å². The topological polar surface area (TPSA) is 91.5 Å². The molecular formula is C16H18N2O5S2. The average molecular weight is 382 g/mol. The van der Waals surface area contributed by atoms with Gasteiger partial charge in [0.2, 0.25) is 5.89 Å². The Morgan fingerprint density at radius 1 is 1.20 bits per heavy atom. The first kappa shape index (κ1) is 16.7. The number of thioether (sulfide) groups is 1. The van der Waals surface area contributed by atoms with Crippen LogP contribution in [-0.4, -0.2) is 48.6 Å². The van der Waals surface area contributed by atoms with Crippen LogP contribution in [0.5, 0.6) is 11.5 Å². The lowest BCUT2D eigenvalue weighted by molar-refractivity contribution is 0.107. The van der Waals surface area contributed by atoms with E-state index < -0.39 is 9.84 Å². The molecule has 2 aliphatic rings. The minimum absolute atomic E-state index is 0.0786. The normalized spacial score (nSPS) is 24.3. The van der Waals surface area contributed by atoms with Gasteiger partial charge >= 0.3 is 0 Å². The molecule has 0 bridgehead atoms. The second-order valence-corrected chi connectivity index (χ2v) is 9.44. The number of hydrogen-bond donors (Lipinski definition) is 0. The molecule has 2 atom stereocenters. The number of fused-ring (bicyclic) bond motifs is 1. The van der Waals surface area contributed by atoms with Crippen LogP contribution in [0.3, 0.4) is 0 Å². The molecule has 134 valence electrons. The Morgan fingerprint density at radius 3 is 2.84 bits per heavy atom. The van der Waals surface area contributed by atoms with Gasteiger partial charge in [0.25, 0.3) is 5.22 Å². The maximum absolute atomic E-state index is 11.5. The molecule has 7 nitrogen and oxygen atoms in total. The molecule has 0 saturated carbocycles. The summed E-state index contributed by atoms with van der Waals surface area (Å²) in [4.78, 5) is 0. The van der Waals surface area contributed by atoms with Crippen LogP contribution in [0.15, 0.2) is 33.9 Å². The van der Waals surface area contributed by atoms with Crippen molar-refractivity contribution in [2.45, 2.75) is 24.2 Å². The number of para-hydroxylation sites is 2. The molecule has 4 rings (SSSR count). The summed E-state index contributed by atoms with van der Waals surface area (Å²) in [5.74, 6) is 3.18. The molecule has 1 aromatic carbocycles. The second-order valence-electron chi connectivity index (χ2n) is 6.24. The summed E-state index contributed by atoms with van der Waals surface area (Å²) in [6.07, 6.45) is 1.10. The van der Waals surface area contributed by atoms with E-state index in [2.05, 4.69) is 10.2 Å². The van der Waals surface area contributed by atoms with Gasteiger partial charge in [-0.25, -0.2) is 8.42 Å². The van der Waals surface area contributed by atoms with Crippen molar-refractivity contribution in [3.05, 3.63) is 30.2 Å². The lowest BCUT2D eigenvalue weighted by Crippen LogP contribution is -2.31. The van der Waals surface area contributed by atoms with Crippen molar-refractivity contribution in [1.82, 2.24) is 10.2 Å². The molecule has 2 aromatic rings. The largest absolute Gasteiger partial charge is 0.486 e. The summed E-state index contributed by atoms with van der Waals surface area (Å²) >= 11 is 1.42. The molecular weight excluding hydrogens is 364 g/mol. The van der Waals surface area contributed by atoms with Crippen molar-refractivity contribution in [1.29, 1.82) is 0 Å². The van der Waals surface area contributed by atoms with E-state index in [0.29, 0.717) is 36.3 Å². The quantitative estimate of drug-likeness (QED) is 0.725. The van der Waals surface area contributed by atoms with Crippen molar-refractivity contribution < 1.29 is 22.3 Å². The van der Waals surface area contributed by atoms with Crippen molar-refractivity contribution in [3.63, 3.8) is 0 Å². The molecule has 0 aliphatic carbocycles. The first-order valence-corrected chi connectivity index (χ1v) is 10.9. The van der Waals surface area contributed by atoms with Crippen LogP contribution in [0.1, 0.15) is 12.3 Å². The first-order chi connectivity index (χ1) is 12.1. The highest BCUT2D eigenvalue weighted by Crippen LogP contribution is 2.32. The molecule has 2 aliphatic heterocycles. The fourth-order valence-corrected chi connectivity index (χ4v) is 5.58. The van der Waals surface area contributed by atoms with Crippen LogP contribution < -0.4 is 9.47 Å². The molecule has 0 N–H and O–H groups in total. The Balaban J connectivity index is 1.29. The van der Waals surface area contributed by atoms with Crippen molar-refractivity contribution in [2.24, 2.45) is 5.92 Å². The number of nitrogens with zero attached hydrogens (tertiary/aromatic N) is 2. The minimum Gasteiger partial charge on any atom is -0.486 e. The van der Waals surface area contributed by atoms with Gasteiger partial charge < -0.3 is 13.9 Å². The Bertz CT molecular complexity index is 852. The summed E-state index contributed by atoms with van der Waals surface area (Å²) in [5.41, 5.74) is 0. The molecule has 1 aromatic heterocycles. The number of benzene rings is 1. The van der Waals surface area contributed by atoms with Crippen molar-refractivity contribution in [2.75, 3.05) is 23.9 Å². The highest BCUT2D eigenvalue weighted by molar-refractivity contribution is 7.99. The molecule has 25 heavy (non-hydrogen) atoms. The highest BCUT2D eigenvalue weighted by atomic mass is 32.2. The van der Waals surface area contributed by atoms with Gasteiger partial charge in [0.1, 0.15) is 12.7 Å². The zero-order valence-corrected chi connectivity index (χ0v) is 15.1. The standard InChI is InChI=1S/C16H18N2O5S2/c19-25(20)6-5-11(10-25)7-15-17-18-16(23-15)24-9-12-8-21-13-3-1-2-4-14(13)22-12/h1-4,11-12H,5-10H2/t11-,12+/m1/s1. The monoisotopic (exact) mass is 382 g/mol. The van der Waals surface area contributed by atoms with Crippen LogP contribution >= 0.6 is 11.8 Å². The zero-order valence-electron chi connectivity index (χ0n) is 13.5. The van der Waals surface area contributed by atoms with Crippen LogP contribution in [0.2, 0.25) is 0 Å². The van der Waals surface area contributed by atoms with Crippen LogP contribution in [0.4, 0.5) is 0 Å². The molecule has 0 amide bonds. The molecule has 9 heteroatoms. The number of rotatable bonds is 5. The Morgan fingerprint density at radius 2 is 2.04 bits per heavy atom. The molecule has 3 heterocycles. The minimum atomic E-state index is -2.88. The molecule has 0 radical (unpaired) electrons. The van der Waals surface area contributed by atoms with E-state index >= 15 is 0 Å². The second kappa shape index (κ2) is 6.87. The zero-order chi connectivity index (χ0) is 17.3. The summed E-state index contributed by atoms with van der Waals surface area (Å²) in [6, 6.07) is 7.58. The summed E-state index contributed by atoms with van der Waals surface area (Å²) < 4.78 is 40.2. The fourth-order valence-electron chi connectivity index (χ4n) is 2.97. The predicted molar refractivity (Wildman–Crippen MR) is 91.8 cm³/mol. The lowest BCUT2D eigenvalue weighted by atomic mass is 10.1. The third-order valence-electron chi connectivity index (χ3n) is 4.20. The van der Waals surface area contributed by atoms with E-state index in [1.807, 2.05) is 24.3 Å². The summed E-state index contributed by atoms with van der Waals surface area (Å²) in [7, 11) is -2.88. The van der Waals surface area contributed by atoms with Crippen LogP contribution in [-0.2, 0) is 16.3 Å². The van der Waals surface area contributed by atoms with E-state index in [4.69, 9.17) is 13.9 Å². The smallest absolute Gasteiger partial charge is 0.276 e. The Hall–Kier alpha value is -1.74. The molecule has 1 fully saturated rings. The van der Waals surface area contributed by atoms with Gasteiger partial charge in [-0.1, -0.05) is 23.9 Å². The van der Waals surface area contributed by atoms with E-state index in [1.54, 1.807) is 0 Å². The maximum Gasteiger partial charge on any atom is 0.276 e. The molecule has 1 saturated heterocycles. The summed E-state index contributed by atoms with van der Waals surface area (Å²) in [5, 5.41) is 8.52. The number of ether oxygens (including phenoxy) is 2. The maximum atomic E-state index is 11.5. The van der Waals surface area contributed by atoms with E-state index in [0.717, 1.165) is 11.5 Å². The van der Waals surface area contributed by atoms with E-state index in [-0.39, 0.29) is 23.5 Å². The van der Waals surface area contributed by atoms with Gasteiger partial charge in [0.05, 0.1) is 11.5 Å². The predicted octanol–water partition coefficient (Wildman–Crippen LogP) is 1.98. The Kier molecular flexibility index (Phi) is 4.60. The molecule has 0 spiro atoms. The number of sulfone groups is 1. The highest BCUT2D eigenvalue weighted by Gasteiger charge is 2.29. The van der Waals surface area contributed by atoms with Crippen molar-refractivity contribution in [3.8, 4) is 11.5 Å². The van der Waals surface area contributed by atoms with Crippen LogP contribution in [0, 0.1) is 5.92 Å². The lowest BCUT2D eigenvalue weighted by Gasteiger charge is -2.25. The Labute approximate surface area is 150 Å². The molecule has 0 unspecified atom stereocenters. The number of aromatic nitrogens is 2. The van der Waals surface area contributed by atoms with E-state index in [9.17, 15) is 8.42 Å². The van der Waals surface area contributed by atoms with E-state index in [1.165, 1.54) is 11.8 Å².